The Morgan fingerprint density at radius 3 is 2.81 bits per heavy atom. The number of morpholine rings is 1. The third-order valence-corrected chi connectivity index (χ3v) is 4.42. The second-order valence-electron chi connectivity index (χ2n) is 5.04. The Hall–Kier alpha value is -1.46. The zero-order valence-electron chi connectivity index (χ0n) is 11.4. The standard InChI is InChI=1S/C16H15BrFNO2/c17-9-11-10-19(7-8-21-11)16(20)14-5-6-15(18)13-4-2-1-3-12(13)14/h1-6,11H,7-10H2. The van der Waals surface area contributed by atoms with E-state index in [-0.39, 0.29) is 17.8 Å². The SMILES string of the molecule is O=C(c1ccc(F)c2ccccc12)N1CCOC(CBr)C1. The molecule has 0 radical (unpaired) electrons. The average molecular weight is 352 g/mol. The van der Waals surface area contributed by atoms with Crippen LogP contribution in [-0.2, 0) is 4.74 Å². The summed E-state index contributed by atoms with van der Waals surface area (Å²) in [7, 11) is 0. The lowest BCUT2D eigenvalue weighted by atomic mass is 10.0. The van der Waals surface area contributed by atoms with Crippen molar-refractivity contribution >= 4 is 32.6 Å². The number of benzene rings is 2. The smallest absolute Gasteiger partial charge is 0.254 e. The number of hydrogen-bond acceptors (Lipinski definition) is 2. The van der Waals surface area contributed by atoms with Crippen molar-refractivity contribution in [1.82, 2.24) is 4.90 Å². The van der Waals surface area contributed by atoms with Crippen LogP contribution in [0.5, 0.6) is 0 Å². The molecule has 0 spiro atoms. The van der Waals surface area contributed by atoms with Gasteiger partial charge in [-0.3, -0.25) is 4.79 Å². The normalized spacial score (nSPS) is 19.0. The van der Waals surface area contributed by atoms with Crippen molar-refractivity contribution in [2.45, 2.75) is 6.10 Å². The molecule has 0 bridgehead atoms. The molecule has 1 atom stereocenters. The third-order valence-electron chi connectivity index (χ3n) is 3.70. The highest BCUT2D eigenvalue weighted by molar-refractivity contribution is 9.09. The molecule has 1 unspecified atom stereocenters. The molecule has 1 heterocycles. The largest absolute Gasteiger partial charge is 0.374 e. The number of ether oxygens (including phenoxy) is 1. The van der Waals surface area contributed by atoms with Crippen molar-refractivity contribution in [3.63, 3.8) is 0 Å². The van der Waals surface area contributed by atoms with Gasteiger partial charge in [0.25, 0.3) is 5.91 Å². The number of carbonyl (C=O) groups excluding carboxylic acids is 1. The molecule has 2 aromatic rings. The van der Waals surface area contributed by atoms with E-state index in [9.17, 15) is 9.18 Å². The minimum Gasteiger partial charge on any atom is -0.374 e. The van der Waals surface area contributed by atoms with Gasteiger partial charge < -0.3 is 9.64 Å². The van der Waals surface area contributed by atoms with E-state index in [1.165, 1.54) is 6.07 Å². The number of alkyl halides is 1. The average Bonchev–Trinajstić information content (AvgIpc) is 2.55. The van der Waals surface area contributed by atoms with Gasteiger partial charge in [0.2, 0.25) is 0 Å². The summed E-state index contributed by atoms with van der Waals surface area (Å²) >= 11 is 3.38. The quantitative estimate of drug-likeness (QED) is 0.777. The minimum absolute atomic E-state index is 0.00872. The summed E-state index contributed by atoms with van der Waals surface area (Å²) in [5.41, 5.74) is 0.544. The van der Waals surface area contributed by atoms with Crippen LogP contribution in [0.15, 0.2) is 36.4 Å². The number of amides is 1. The van der Waals surface area contributed by atoms with Gasteiger partial charge in [0, 0.05) is 29.4 Å². The Bertz CT molecular complexity index is 676. The summed E-state index contributed by atoms with van der Waals surface area (Å²) in [6.07, 6.45) is 0.00872. The van der Waals surface area contributed by atoms with Gasteiger partial charge in [0.1, 0.15) is 5.82 Å². The second-order valence-corrected chi connectivity index (χ2v) is 5.69. The van der Waals surface area contributed by atoms with Crippen LogP contribution in [-0.4, -0.2) is 41.9 Å². The van der Waals surface area contributed by atoms with Gasteiger partial charge in [-0.05, 0) is 17.5 Å². The molecule has 3 nitrogen and oxygen atoms in total. The summed E-state index contributed by atoms with van der Waals surface area (Å²) in [6.45, 7) is 1.64. The minimum atomic E-state index is -0.303. The van der Waals surface area contributed by atoms with E-state index < -0.39 is 0 Å². The predicted octanol–water partition coefficient (Wildman–Crippen LogP) is 3.21. The number of halogens is 2. The van der Waals surface area contributed by atoms with Crippen molar-refractivity contribution in [3.8, 4) is 0 Å². The van der Waals surface area contributed by atoms with E-state index in [1.807, 2.05) is 6.07 Å². The van der Waals surface area contributed by atoms with Gasteiger partial charge in [-0.25, -0.2) is 4.39 Å². The zero-order valence-corrected chi connectivity index (χ0v) is 13.0. The second kappa shape index (κ2) is 6.12. The number of fused-ring (bicyclic) bond motifs is 1. The fraction of sp³-hybridized carbons (Fsp3) is 0.312. The van der Waals surface area contributed by atoms with E-state index in [0.29, 0.717) is 41.4 Å². The molecule has 5 heteroatoms. The molecule has 1 aliphatic heterocycles. The summed E-state index contributed by atoms with van der Waals surface area (Å²) in [4.78, 5) is 14.5. The van der Waals surface area contributed by atoms with Crippen molar-refractivity contribution in [1.29, 1.82) is 0 Å². The van der Waals surface area contributed by atoms with Crippen LogP contribution in [0.2, 0.25) is 0 Å². The van der Waals surface area contributed by atoms with Gasteiger partial charge in [-0.1, -0.05) is 40.2 Å². The van der Waals surface area contributed by atoms with Crippen LogP contribution >= 0.6 is 15.9 Å². The first-order valence-corrected chi connectivity index (χ1v) is 7.97. The number of hydrogen-bond donors (Lipinski definition) is 0. The number of nitrogens with zero attached hydrogens (tertiary/aromatic N) is 1. The highest BCUT2D eigenvalue weighted by atomic mass is 79.9. The first-order chi connectivity index (χ1) is 10.2. The molecule has 3 rings (SSSR count). The molecule has 1 aliphatic rings. The summed E-state index contributed by atoms with van der Waals surface area (Å²) < 4.78 is 19.4. The van der Waals surface area contributed by atoms with Crippen molar-refractivity contribution in [2.75, 3.05) is 25.0 Å². The first kappa shape index (κ1) is 14.5. The Morgan fingerprint density at radius 1 is 1.29 bits per heavy atom. The summed E-state index contributed by atoms with van der Waals surface area (Å²) in [5, 5.41) is 1.83. The van der Waals surface area contributed by atoms with E-state index >= 15 is 0 Å². The van der Waals surface area contributed by atoms with Crippen LogP contribution in [0, 0.1) is 5.82 Å². The van der Waals surface area contributed by atoms with Gasteiger partial charge in [-0.15, -0.1) is 0 Å². The Morgan fingerprint density at radius 2 is 2.05 bits per heavy atom. The van der Waals surface area contributed by atoms with E-state index in [1.54, 1.807) is 29.2 Å². The predicted molar refractivity (Wildman–Crippen MR) is 83.3 cm³/mol. The maximum absolute atomic E-state index is 13.8. The fourth-order valence-corrected chi connectivity index (χ4v) is 3.01. The van der Waals surface area contributed by atoms with Gasteiger partial charge in [-0.2, -0.15) is 0 Å². The molecule has 110 valence electrons. The molecular weight excluding hydrogens is 337 g/mol. The molecule has 0 aliphatic carbocycles. The topological polar surface area (TPSA) is 29.5 Å². The Labute approximate surface area is 130 Å². The van der Waals surface area contributed by atoms with E-state index in [4.69, 9.17) is 4.74 Å². The lowest BCUT2D eigenvalue weighted by molar-refractivity contribution is -0.00957. The van der Waals surface area contributed by atoms with Crippen molar-refractivity contribution in [2.24, 2.45) is 0 Å². The fourth-order valence-electron chi connectivity index (χ4n) is 2.62. The lowest BCUT2D eigenvalue weighted by Crippen LogP contribution is -2.46. The molecule has 1 amide bonds. The van der Waals surface area contributed by atoms with Gasteiger partial charge in [0.05, 0.1) is 12.7 Å². The molecule has 2 aromatic carbocycles. The maximum atomic E-state index is 13.8. The molecule has 0 saturated carbocycles. The summed E-state index contributed by atoms with van der Waals surface area (Å²) in [5.74, 6) is -0.372. The number of rotatable bonds is 2. The van der Waals surface area contributed by atoms with Crippen LogP contribution in [0.3, 0.4) is 0 Å². The van der Waals surface area contributed by atoms with Gasteiger partial charge >= 0.3 is 0 Å². The van der Waals surface area contributed by atoms with Crippen LogP contribution in [0.1, 0.15) is 10.4 Å². The molecule has 0 aromatic heterocycles. The maximum Gasteiger partial charge on any atom is 0.254 e. The zero-order chi connectivity index (χ0) is 14.8. The lowest BCUT2D eigenvalue weighted by Gasteiger charge is -2.32. The third kappa shape index (κ3) is 2.80. The number of carbonyl (C=O) groups is 1. The van der Waals surface area contributed by atoms with Crippen LogP contribution in [0.4, 0.5) is 4.39 Å². The molecule has 1 fully saturated rings. The first-order valence-electron chi connectivity index (χ1n) is 6.85. The Kier molecular flexibility index (Phi) is 4.22. The molecule has 0 N–H and O–H groups in total. The highest BCUT2D eigenvalue weighted by Crippen LogP contribution is 2.23. The van der Waals surface area contributed by atoms with E-state index in [0.717, 1.165) is 0 Å². The molecule has 1 saturated heterocycles. The molecule has 21 heavy (non-hydrogen) atoms. The summed E-state index contributed by atoms with van der Waals surface area (Å²) in [6, 6.07) is 10.0. The van der Waals surface area contributed by atoms with Crippen LogP contribution < -0.4 is 0 Å². The van der Waals surface area contributed by atoms with Crippen molar-refractivity contribution < 1.29 is 13.9 Å². The Balaban J connectivity index is 1.96. The monoisotopic (exact) mass is 351 g/mol. The van der Waals surface area contributed by atoms with Crippen LogP contribution in [0.25, 0.3) is 10.8 Å². The van der Waals surface area contributed by atoms with Gasteiger partial charge in [0.15, 0.2) is 0 Å². The van der Waals surface area contributed by atoms with E-state index in [2.05, 4.69) is 15.9 Å². The molecular formula is C16H15BrFNO2. The van der Waals surface area contributed by atoms with Crippen molar-refractivity contribution in [3.05, 3.63) is 47.8 Å². The highest BCUT2D eigenvalue weighted by Gasteiger charge is 2.25.